The van der Waals surface area contributed by atoms with Crippen molar-refractivity contribution < 1.29 is 24.1 Å². The van der Waals surface area contributed by atoms with E-state index in [4.69, 9.17) is 14.8 Å². The van der Waals surface area contributed by atoms with Gasteiger partial charge in [-0.1, -0.05) is 30.3 Å². The Morgan fingerprint density at radius 1 is 1.12 bits per heavy atom. The van der Waals surface area contributed by atoms with E-state index in [1.54, 1.807) is 20.8 Å². The van der Waals surface area contributed by atoms with Crippen molar-refractivity contribution >= 4 is 17.0 Å². The fourth-order valence-corrected chi connectivity index (χ4v) is 5.28. The molecule has 0 saturated carbocycles. The second-order valence-electron chi connectivity index (χ2n) is 11.5. The summed E-state index contributed by atoms with van der Waals surface area (Å²) in [4.78, 5) is 16.6. The summed E-state index contributed by atoms with van der Waals surface area (Å²) >= 11 is 0. The Morgan fingerprint density at radius 2 is 1.80 bits per heavy atom. The first kappa shape index (κ1) is 29.3. The molecule has 2 aromatic carbocycles. The molecular weight excluding hydrogens is 507 g/mol. The Labute approximate surface area is 235 Å². The van der Waals surface area contributed by atoms with Crippen LogP contribution in [0.4, 0.5) is 4.39 Å². The highest BCUT2D eigenvalue weighted by molar-refractivity contribution is 5.98. The minimum Gasteiger partial charge on any atom is -0.490 e. The van der Waals surface area contributed by atoms with Crippen LogP contribution >= 0.6 is 0 Å². The van der Waals surface area contributed by atoms with Crippen LogP contribution in [-0.2, 0) is 37.5 Å². The van der Waals surface area contributed by atoms with E-state index in [9.17, 15) is 9.90 Å². The molecule has 212 valence electrons. The predicted molar refractivity (Wildman–Crippen MR) is 157 cm³/mol. The van der Waals surface area contributed by atoms with Gasteiger partial charge in [0.1, 0.15) is 5.65 Å². The molecule has 4 aromatic rings. The van der Waals surface area contributed by atoms with Gasteiger partial charge in [0.2, 0.25) is 0 Å². The zero-order valence-corrected chi connectivity index (χ0v) is 24.3. The Bertz CT molecular complexity index is 1530. The summed E-state index contributed by atoms with van der Waals surface area (Å²) in [5.41, 5.74) is 7.21. The fraction of sp³-hybridized carbons (Fsp3) is 0.394. The summed E-state index contributed by atoms with van der Waals surface area (Å²) in [5.74, 6) is -1.00. The minimum absolute atomic E-state index is 0.174. The average Bonchev–Trinajstić information content (AvgIpc) is 3.20. The first-order chi connectivity index (χ1) is 18.8. The van der Waals surface area contributed by atoms with Crippen LogP contribution in [0.5, 0.6) is 5.75 Å². The van der Waals surface area contributed by atoms with Crippen LogP contribution in [-0.4, -0.2) is 37.9 Å². The lowest BCUT2D eigenvalue weighted by molar-refractivity contribution is -0.136. The molecule has 5 rings (SSSR count). The van der Waals surface area contributed by atoms with Gasteiger partial charge >= 0.3 is 5.97 Å². The lowest BCUT2D eigenvalue weighted by Crippen LogP contribution is -2.13. The number of rotatable bonds is 6. The third-order valence-corrected chi connectivity index (χ3v) is 7.13. The molecule has 6 nitrogen and oxygen atoms in total. The normalized spacial score (nSPS) is 12.9. The highest BCUT2D eigenvalue weighted by atomic mass is 19.1. The number of carboxylic acids is 1. The largest absolute Gasteiger partial charge is 0.490 e. The predicted octanol–water partition coefficient (Wildman–Crippen LogP) is 6.51. The van der Waals surface area contributed by atoms with Crippen molar-refractivity contribution in [2.45, 2.75) is 72.3 Å². The first-order valence-corrected chi connectivity index (χ1v) is 13.8. The van der Waals surface area contributed by atoms with Gasteiger partial charge in [-0.2, -0.15) is 0 Å². The maximum atomic E-state index is 15.2. The standard InChI is InChI=1S/C29H29FN2O3.C4H10O/c1-17-21-10-7-13-35-28(21)25(30)15-22(17)27-23(16-26(33)34)18(2)31-29-24(27)14-20(32(29)3)12-11-19-8-5-4-6-9-19;1-4(2,3)5/h4-6,8-9,14-15H,7,10-13,16H2,1-3H3,(H,33,34);5H,1-3H3. The smallest absolute Gasteiger partial charge is 0.307 e. The second-order valence-corrected chi connectivity index (χ2v) is 11.5. The number of fused-ring (bicyclic) bond motifs is 2. The SMILES string of the molecule is CC(C)(C)O.Cc1nc2c(cc(CCc3ccccc3)n2C)c(-c2cc(F)c3c(c2C)CCCO3)c1CC(=O)O. The van der Waals surface area contributed by atoms with Gasteiger partial charge in [-0.25, -0.2) is 9.37 Å². The third kappa shape index (κ3) is 6.53. The molecule has 0 aliphatic carbocycles. The zero-order chi connectivity index (χ0) is 29.2. The number of carboxylic acid groups (broad SMARTS) is 1. The van der Waals surface area contributed by atoms with Crippen molar-refractivity contribution in [2.24, 2.45) is 7.05 Å². The van der Waals surface area contributed by atoms with E-state index in [1.165, 1.54) is 11.6 Å². The van der Waals surface area contributed by atoms with Crippen LogP contribution in [0.2, 0.25) is 0 Å². The van der Waals surface area contributed by atoms with Crippen LogP contribution < -0.4 is 4.74 Å². The van der Waals surface area contributed by atoms with Gasteiger partial charge in [0.25, 0.3) is 0 Å². The third-order valence-electron chi connectivity index (χ3n) is 7.13. The molecular formula is C33H39FN2O4. The van der Waals surface area contributed by atoms with E-state index in [0.29, 0.717) is 23.6 Å². The minimum atomic E-state index is -0.935. The number of nitrogens with zero attached hydrogens (tertiary/aromatic N) is 2. The molecule has 0 amide bonds. The van der Waals surface area contributed by atoms with Gasteiger partial charge in [-0.05, 0) is 100 Å². The van der Waals surface area contributed by atoms with Crippen LogP contribution in [0.25, 0.3) is 22.2 Å². The number of benzene rings is 2. The average molecular weight is 547 g/mol. The number of halogens is 1. The van der Waals surface area contributed by atoms with Crippen LogP contribution in [0, 0.1) is 19.7 Å². The molecule has 0 unspecified atom stereocenters. The van der Waals surface area contributed by atoms with Gasteiger partial charge in [0, 0.05) is 29.4 Å². The maximum Gasteiger partial charge on any atom is 0.307 e. The number of aliphatic carboxylic acids is 1. The summed E-state index contributed by atoms with van der Waals surface area (Å²) in [6, 6.07) is 13.9. The monoisotopic (exact) mass is 546 g/mol. The summed E-state index contributed by atoms with van der Waals surface area (Å²) < 4.78 is 22.9. The van der Waals surface area contributed by atoms with Gasteiger partial charge in [0.15, 0.2) is 11.6 Å². The topological polar surface area (TPSA) is 84.6 Å². The Hall–Kier alpha value is -3.71. The maximum absolute atomic E-state index is 15.2. The molecule has 0 bridgehead atoms. The summed E-state index contributed by atoms with van der Waals surface area (Å²) in [6.45, 7) is 9.56. The summed E-state index contributed by atoms with van der Waals surface area (Å²) in [5, 5.41) is 19.1. The summed E-state index contributed by atoms with van der Waals surface area (Å²) in [7, 11) is 1.99. The number of hydrogen-bond acceptors (Lipinski definition) is 4. The molecule has 1 aliphatic rings. The molecule has 0 saturated heterocycles. The zero-order valence-electron chi connectivity index (χ0n) is 24.3. The van der Waals surface area contributed by atoms with Crippen LogP contribution in [0.15, 0.2) is 42.5 Å². The lowest BCUT2D eigenvalue weighted by Gasteiger charge is -2.23. The fourth-order valence-electron chi connectivity index (χ4n) is 5.28. The molecule has 1 aliphatic heterocycles. The number of aryl methyl sites for hydroxylation is 4. The van der Waals surface area contributed by atoms with E-state index < -0.39 is 17.4 Å². The molecule has 0 atom stereocenters. The molecule has 0 spiro atoms. The number of ether oxygens (including phenoxy) is 1. The van der Waals surface area contributed by atoms with Crippen molar-refractivity contribution in [3.8, 4) is 16.9 Å². The number of hydrogen-bond donors (Lipinski definition) is 2. The number of pyridine rings is 1. The van der Waals surface area contributed by atoms with E-state index in [1.807, 2.05) is 39.1 Å². The molecule has 0 radical (unpaired) electrons. The van der Waals surface area contributed by atoms with Gasteiger partial charge in [0.05, 0.1) is 18.6 Å². The highest BCUT2D eigenvalue weighted by Crippen LogP contribution is 2.42. The number of aliphatic hydroxyl groups is 1. The van der Waals surface area contributed by atoms with Gasteiger partial charge in [-0.3, -0.25) is 4.79 Å². The summed E-state index contributed by atoms with van der Waals surface area (Å²) in [6.07, 6.45) is 3.09. The molecule has 0 fully saturated rings. The van der Waals surface area contributed by atoms with Crippen LogP contribution in [0.1, 0.15) is 60.8 Å². The number of aromatic nitrogens is 2. The quantitative estimate of drug-likeness (QED) is 0.288. The number of carbonyl (C=O) groups is 1. The lowest BCUT2D eigenvalue weighted by atomic mass is 9.87. The second kappa shape index (κ2) is 11.8. The molecule has 2 aromatic heterocycles. The van der Waals surface area contributed by atoms with Crippen LogP contribution in [0.3, 0.4) is 0 Å². The Balaban J connectivity index is 0.000000681. The van der Waals surface area contributed by atoms with Crippen molar-refractivity contribution in [1.82, 2.24) is 9.55 Å². The van der Waals surface area contributed by atoms with E-state index >= 15 is 4.39 Å². The van der Waals surface area contributed by atoms with Gasteiger partial charge in [-0.15, -0.1) is 0 Å². The Kier molecular flexibility index (Phi) is 8.64. The molecule has 40 heavy (non-hydrogen) atoms. The first-order valence-electron chi connectivity index (χ1n) is 13.8. The van der Waals surface area contributed by atoms with E-state index in [-0.39, 0.29) is 6.42 Å². The van der Waals surface area contributed by atoms with Crippen molar-refractivity contribution in [3.63, 3.8) is 0 Å². The molecule has 2 N–H and O–H groups in total. The van der Waals surface area contributed by atoms with Crippen molar-refractivity contribution in [3.05, 3.63) is 81.9 Å². The van der Waals surface area contributed by atoms with E-state index in [0.717, 1.165) is 64.7 Å². The highest BCUT2D eigenvalue weighted by Gasteiger charge is 2.26. The Morgan fingerprint density at radius 3 is 2.45 bits per heavy atom. The van der Waals surface area contributed by atoms with Crippen molar-refractivity contribution in [1.29, 1.82) is 0 Å². The molecule has 3 heterocycles. The van der Waals surface area contributed by atoms with Crippen molar-refractivity contribution in [2.75, 3.05) is 6.61 Å². The van der Waals surface area contributed by atoms with Gasteiger partial charge < -0.3 is 19.5 Å². The molecule has 7 heteroatoms. The van der Waals surface area contributed by atoms with E-state index in [2.05, 4.69) is 22.8 Å².